The zero-order chi connectivity index (χ0) is 8.65. The molecule has 0 aromatic heterocycles. The molecule has 0 aromatic rings. The lowest BCUT2D eigenvalue weighted by Crippen LogP contribution is -2.26. The van der Waals surface area contributed by atoms with E-state index < -0.39 is 6.09 Å². The van der Waals surface area contributed by atoms with Crippen molar-refractivity contribution < 1.29 is 9.53 Å². The fraction of sp³-hybridized carbons (Fsp3) is 0.714. The van der Waals surface area contributed by atoms with Crippen LogP contribution in [0.1, 0.15) is 20.8 Å². The predicted molar refractivity (Wildman–Crippen MR) is 46.1 cm³/mol. The molecule has 11 heavy (non-hydrogen) atoms. The Bertz CT molecular complexity index is 217. The molecule has 0 fully saturated rings. The third-order valence-corrected chi connectivity index (χ3v) is 2.02. The van der Waals surface area contributed by atoms with Gasteiger partial charge in [0.15, 0.2) is 5.01 Å². The molecule has 0 bridgehead atoms. The number of hydrogen-bond donors (Lipinski definition) is 0. The third kappa shape index (κ3) is 1.80. The highest BCUT2D eigenvalue weighted by molar-refractivity contribution is 9.09. The Hall–Kier alpha value is -0.380. The summed E-state index contributed by atoms with van der Waals surface area (Å²) in [6.07, 6.45) is -0.503. The van der Waals surface area contributed by atoms with Crippen LogP contribution in [0.3, 0.4) is 0 Å². The van der Waals surface area contributed by atoms with Crippen molar-refractivity contribution in [2.24, 2.45) is 10.4 Å². The van der Waals surface area contributed by atoms with E-state index in [0.717, 1.165) is 5.71 Å². The van der Waals surface area contributed by atoms with Gasteiger partial charge in [-0.2, -0.15) is 4.99 Å². The van der Waals surface area contributed by atoms with Crippen LogP contribution in [0.4, 0.5) is 4.79 Å². The number of hydrogen-bond acceptors (Lipinski definition) is 2. The first-order valence-corrected chi connectivity index (χ1v) is 4.26. The standard InChI is InChI=1S/C7H10BrNO2/c1-7(2,3)4-5(8)11-6(10)9-4/h5H,1-3H3. The lowest BCUT2D eigenvalue weighted by atomic mass is 9.90. The van der Waals surface area contributed by atoms with Crippen molar-refractivity contribution in [1.82, 2.24) is 0 Å². The van der Waals surface area contributed by atoms with Crippen LogP contribution < -0.4 is 0 Å². The predicted octanol–water partition coefficient (Wildman–Crippen LogP) is 2.34. The normalized spacial score (nSPS) is 24.9. The number of cyclic esters (lactones) is 1. The number of carbonyl (C=O) groups is 1. The van der Waals surface area contributed by atoms with Crippen molar-refractivity contribution in [2.75, 3.05) is 0 Å². The summed E-state index contributed by atoms with van der Waals surface area (Å²) in [5.74, 6) is 0. The van der Waals surface area contributed by atoms with Gasteiger partial charge in [0.1, 0.15) is 0 Å². The maximum absolute atomic E-state index is 10.7. The third-order valence-electron chi connectivity index (χ3n) is 1.40. The van der Waals surface area contributed by atoms with E-state index in [4.69, 9.17) is 4.74 Å². The van der Waals surface area contributed by atoms with Gasteiger partial charge in [-0.05, 0) is 15.9 Å². The number of aliphatic imine (C=N–C) groups is 1. The monoisotopic (exact) mass is 219 g/mol. The van der Waals surface area contributed by atoms with Gasteiger partial charge in [-0.3, -0.25) is 0 Å². The number of amides is 1. The molecule has 1 heterocycles. The van der Waals surface area contributed by atoms with E-state index >= 15 is 0 Å². The first-order chi connectivity index (χ1) is 4.91. The first kappa shape index (κ1) is 8.71. The number of alkyl halides is 1. The van der Waals surface area contributed by atoms with E-state index in [1.54, 1.807) is 0 Å². The summed E-state index contributed by atoms with van der Waals surface area (Å²) in [6.45, 7) is 5.96. The van der Waals surface area contributed by atoms with E-state index in [2.05, 4.69) is 20.9 Å². The van der Waals surface area contributed by atoms with Crippen LogP contribution in [0.15, 0.2) is 4.99 Å². The fourth-order valence-corrected chi connectivity index (χ4v) is 1.78. The van der Waals surface area contributed by atoms with Gasteiger partial charge in [0.2, 0.25) is 0 Å². The molecule has 0 aliphatic carbocycles. The molecule has 0 saturated heterocycles. The second kappa shape index (κ2) is 2.59. The zero-order valence-electron chi connectivity index (χ0n) is 6.72. The van der Waals surface area contributed by atoms with Gasteiger partial charge in [0.25, 0.3) is 0 Å². The van der Waals surface area contributed by atoms with E-state index in [9.17, 15) is 4.79 Å². The molecule has 0 saturated carbocycles. The van der Waals surface area contributed by atoms with Crippen LogP contribution in [0, 0.1) is 5.41 Å². The molecule has 1 unspecified atom stereocenters. The number of rotatable bonds is 0. The summed E-state index contributed by atoms with van der Waals surface area (Å²) in [5, 5.41) is -0.338. The fourth-order valence-electron chi connectivity index (χ4n) is 0.828. The second-order valence-corrected chi connectivity index (χ2v) is 4.28. The maximum Gasteiger partial charge on any atom is 0.435 e. The van der Waals surface area contributed by atoms with Gasteiger partial charge < -0.3 is 4.74 Å². The molecule has 62 valence electrons. The quantitative estimate of drug-likeness (QED) is 0.587. The summed E-state index contributed by atoms with van der Waals surface area (Å²) in [7, 11) is 0. The number of carbonyl (C=O) groups excluding carboxylic acids is 1. The molecular formula is C7H10BrNO2. The minimum absolute atomic E-state index is 0.111. The van der Waals surface area contributed by atoms with Crippen LogP contribution in [0.25, 0.3) is 0 Å². The Balaban J connectivity index is 2.88. The average Bonchev–Trinajstić information content (AvgIpc) is 2.08. The highest BCUT2D eigenvalue weighted by Gasteiger charge is 2.33. The Morgan fingerprint density at radius 2 is 2.09 bits per heavy atom. The van der Waals surface area contributed by atoms with Crippen LogP contribution in [0.5, 0.6) is 0 Å². The molecule has 0 N–H and O–H groups in total. The Morgan fingerprint density at radius 1 is 1.55 bits per heavy atom. The lowest BCUT2D eigenvalue weighted by Gasteiger charge is -2.19. The number of halogens is 1. The van der Waals surface area contributed by atoms with Crippen LogP contribution in [-0.4, -0.2) is 16.8 Å². The van der Waals surface area contributed by atoms with E-state index in [1.165, 1.54) is 0 Å². The van der Waals surface area contributed by atoms with Crippen LogP contribution in [-0.2, 0) is 4.74 Å². The molecule has 1 aliphatic heterocycles. The minimum atomic E-state index is -0.503. The van der Waals surface area contributed by atoms with Crippen molar-refractivity contribution in [1.29, 1.82) is 0 Å². The van der Waals surface area contributed by atoms with Crippen molar-refractivity contribution in [3.8, 4) is 0 Å². The smallest absolute Gasteiger partial charge is 0.427 e. The van der Waals surface area contributed by atoms with Gasteiger partial charge in [0.05, 0.1) is 5.71 Å². The van der Waals surface area contributed by atoms with Crippen molar-refractivity contribution in [2.45, 2.75) is 25.8 Å². The number of nitrogens with zero attached hydrogens (tertiary/aromatic N) is 1. The number of ether oxygens (including phenoxy) is 1. The Kier molecular flexibility index (Phi) is 2.05. The SMILES string of the molecule is CC(C)(C)C1=NC(=O)OC1Br. The van der Waals surface area contributed by atoms with Crippen molar-refractivity contribution >= 4 is 27.7 Å². The molecule has 0 aromatic carbocycles. The van der Waals surface area contributed by atoms with Crippen LogP contribution >= 0.6 is 15.9 Å². The van der Waals surface area contributed by atoms with Gasteiger partial charge in [-0.15, -0.1) is 0 Å². The molecule has 0 radical (unpaired) electrons. The van der Waals surface area contributed by atoms with Gasteiger partial charge in [0, 0.05) is 5.41 Å². The molecule has 1 atom stereocenters. The summed E-state index contributed by atoms with van der Waals surface area (Å²) in [6, 6.07) is 0. The first-order valence-electron chi connectivity index (χ1n) is 3.35. The molecule has 1 aliphatic rings. The maximum atomic E-state index is 10.7. The average molecular weight is 220 g/mol. The van der Waals surface area contributed by atoms with Gasteiger partial charge in [-0.25, -0.2) is 4.79 Å². The molecular weight excluding hydrogens is 210 g/mol. The second-order valence-electron chi connectivity index (χ2n) is 3.45. The molecule has 0 spiro atoms. The summed E-state index contributed by atoms with van der Waals surface area (Å²) >= 11 is 3.21. The zero-order valence-corrected chi connectivity index (χ0v) is 8.31. The molecule has 1 rings (SSSR count). The van der Waals surface area contributed by atoms with E-state index in [0.29, 0.717) is 0 Å². The van der Waals surface area contributed by atoms with Gasteiger partial charge in [-0.1, -0.05) is 20.8 Å². The van der Waals surface area contributed by atoms with E-state index in [-0.39, 0.29) is 10.4 Å². The minimum Gasteiger partial charge on any atom is -0.427 e. The van der Waals surface area contributed by atoms with Crippen molar-refractivity contribution in [3.05, 3.63) is 0 Å². The summed E-state index contributed by atoms with van der Waals surface area (Å²) in [4.78, 5) is 14.4. The topological polar surface area (TPSA) is 38.7 Å². The van der Waals surface area contributed by atoms with Gasteiger partial charge >= 0.3 is 6.09 Å². The Labute approximate surface area is 74.0 Å². The highest BCUT2D eigenvalue weighted by atomic mass is 79.9. The summed E-state index contributed by atoms with van der Waals surface area (Å²) in [5.41, 5.74) is 0.642. The van der Waals surface area contributed by atoms with Crippen LogP contribution in [0.2, 0.25) is 0 Å². The lowest BCUT2D eigenvalue weighted by molar-refractivity contribution is 0.174. The molecule has 3 nitrogen and oxygen atoms in total. The largest absolute Gasteiger partial charge is 0.435 e. The van der Waals surface area contributed by atoms with E-state index in [1.807, 2.05) is 20.8 Å². The van der Waals surface area contributed by atoms with Crippen molar-refractivity contribution in [3.63, 3.8) is 0 Å². The highest BCUT2D eigenvalue weighted by Crippen LogP contribution is 2.27. The summed E-state index contributed by atoms with van der Waals surface area (Å²) < 4.78 is 4.77. The molecule has 1 amide bonds. The Morgan fingerprint density at radius 3 is 2.27 bits per heavy atom. The molecule has 4 heteroatoms.